The Morgan fingerprint density at radius 1 is 0.935 bits per heavy atom. The molecular formula is C34H43ClN8O3. The van der Waals surface area contributed by atoms with Crippen molar-refractivity contribution >= 4 is 46.2 Å². The first-order chi connectivity index (χ1) is 22.4. The Morgan fingerprint density at radius 3 is 2.43 bits per heavy atom. The number of rotatable bonds is 6. The molecule has 5 amide bonds. The van der Waals surface area contributed by atoms with Crippen LogP contribution in [-0.2, 0) is 17.8 Å². The number of nitrogens with zero attached hydrogens (tertiary/aromatic N) is 5. The maximum absolute atomic E-state index is 14.1. The summed E-state index contributed by atoms with van der Waals surface area (Å²) in [6.07, 6.45) is 9.15. The summed E-state index contributed by atoms with van der Waals surface area (Å²) in [6, 6.07) is 11.2. The van der Waals surface area contributed by atoms with Crippen LogP contribution in [0, 0.1) is 0 Å². The van der Waals surface area contributed by atoms with Crippen molar-refractivity contribution in [3.05, 3.63) is 58.7 Å². The predicted molar refractivity (Wildman–Crippen MR) is 178 cm³/mol. The average molecular weight is 647 g/mol. The summed E-state index contributed by atoms with van der Waals surface area (Å²) >= 11 is 6.55. The predicted octanol–water partition coefficient (Wildman–Crippen LogP) is 4.83. The van der Waals surface area contributed by atoms with E-state index in [0.717, 1.165) is 53.6 Å². The Kier molecular flexibility index (Phi) is 9.04. The summed E-state index contributed by atoms with van der Waals surface area (Å²) in [4.78, 5) is 48.8. The second-order valence-corrected chi connectivity index (χ2v) is 13.6. The van der Waals surface area contributed by atoms with Gasteiger partial charge in [0.2, 0.25) is 5.91 Å². The number of piperidine rings is 3. The molecule has 3 saturated heterocycles. The van der Waals surface area contributed by atoms with Crippen LogP contribution in [0.1, 0.15) is 56.1 Å². The van der Waals surface area contributed by atoms with Crippen molar-refractivity contribution in [3.8, 4) is 0 Å². The minimum Gasteiger partial charge on any atom is -0.341 e. The highest BCUT2D eigenvalue weighted by atomic mass is 35.5. The van der Waals surface area contributed by atoms with E-state index in [4.69, 9.17) is 11.6 Å². The summed E-state index contributed by atoms with van der Waals surface area (Å²) in [6.45, 7) is 5.28. The fraction of sp³-hybridized carbons (Fsp3) is 0.529. The van der Waals surface area contributed by atoms with E-state index >= 15 is 0 Å². The van der Waals surface area contributed by atoms with Crippen LogP contribution in [0.4, 0.5) is 15.3 Å². The number of anilines is 1. The van der Waals surface area contributed by atoms with Gasteiger partial charge in [-0.2, -0.15) is 5.10 Å². The zero-order valence-corrected chi connectivity index (χ0v) is 27.0. The Balaban J connectivity index is 1.01. The molecule has 244 valence electrons. The van der Waals surface area contributed by atoms with Gasteiger partial charge in [0.1, 0.15) is 6.04 Å². The molecule has 3 N–H and O–H groups in total. The minimum atomic E-state index is -0.721. The largest absolute Gasteiger partial charge is 0.341 e. The fourth-order valence-corrected chi connectivity index (χ4v) is 8.01. The number of carbonyl (C=O) groups excluding carboxylic acids is 3. The summed E-state index contributed by atoms with van der Waals surface area (Å²) in [5.74, 6) is -0.0487. The van der Waals surface area contributed by atoms with Crippen molar-refractivity contribution < 1.29 is 14.4 Å². The SMILES string of the molecule is O=C(NC(Cc1cc(Cl)c2[nH]ncc2c1)C(=O)N1CCC(N2CCCCC2)CC1)N1CCC(N2Cc3ccccc3NC2=O)CC1. The highest BCUT2D eigenvalue weighted by Crippen LogP contribution is 2.29. The molecule has 12 heteroatoms. The van der Waals surface area contributed by atoms with Crippen LogP contribution in [0.3, 0.4) is 0 Å². The normalized spacial score (nSPS) is 20.8. The van der Waals surface area contributed by atoms with Crippen molar-refractivity contribution in [1.82, 2.24) is 35.1 Å². The molecule has 0 spiro atoms. The van der Waals surface area contributed by atoms with E-state index in [1.807, 2.05) is 46.2 Å². The maximum Gasteiger partial charge on any atom is 0.322 e. The topological polar surface area (TPSA) is 117 Å². The van der Waals surface area contributed by atoms with Crippen molar-refractivity contribution in [2.75, 3.05) is 44.6 Å². The molecule has 2 aromatic carbocycles. The smallest absolute Gasteiger partial charge is 0.322 e. The Bertz CT molecular complexity index is 1570. The zero-order chi connectivity index (χ0) is 31.6. The van der Waals surface area contributed by atoms with Crippen molar-refractivity contribution in [1.29, 1.82) is 0 Å². The van der Waals surface area contributed by atoms with Gasteiger partial charge in [-0.1, -0.05) is 36.2 Å². The van der Waals surface area contributed by atoms with E-state index in [0.29, 0.717) is 63.1 Å². The van der Waals surface area contributed by atoms with Gasteiger partial charge in [0.25, 0.3) is 0 Å². The van der Waals surface area contributed by atoms with Crippen molar-refractivity contribution in [3.63, 3.8) is 0 Å². The van der Waals surface area contributed by atoms with E-state index in [-0.39, 0.29) is 24.0 Å². The molecule has 1 atom stereocenters. The van der Waals surface area contributed by atoms with Gasteiger partial charge in [0, 0.05) is 62.3 Å². The molecule has 46 heavy (non-hydrogen) atoms. The van der Waals surface area contributed by atoms with E-state index in [2.05, 4.69) is 25.7 Å². The molecule has 1 aromatic heterocycles. The summed E-state index contributed by atoms with van der Waals surface area (Å²) in [5.41, 5.74) is 3.58. The fourth-order valence-electron chi connectivity index (χ4n) is 7.72. The molecule has 0 aliphatic carbocycles. The van der Waals surface area contributed by atoms with E-state index in [9.17, 15) is 14.4 Å². The van der Waals surface area contributed by atoms with Gasteiger partial charge in [-0.05, 0) is 80.9 Å². The monoisotopic (exact) mass is 646 g/mol. The average Bonchev–Trinajstić information content (AvgIpc) is 3.57. The number of hydrogen-bond donors (Lipinski definition) is 3. The second kappa shape index (κ2) is 13.5. The van der Waals surface area contributed by atoms with Crippen LogP contribution < -0.4 is 10.6 Å². The lowest BCUT2D eigenvalue weighted by atomic mass is 9.98. The van der Waals surface area contributed by atoms with Gasteiger partial charge >= 0.3 is 12.1 Å². The number of amides is 5. The molecule has 3 aromatic rings. The number of carbonyl (C=O) groups is 3. The number of aromatic amines is 1. The van der Waals surface area contributed by atoms with E-state index in [1.54, 1.807) is 11.1 Å². The van der Waals surface area contributed by atoms with Crippen LogP contribution >= 0.6 is 11.6 Å². The highest BCUT2D eigenvalue weighted by molar-refractivity contribution is 6.35. The highest BCUT2D eigenvalue weighted by Gasteiger charge is 2.35. The first-order valence-electron chi connectivity index (χ1n) is 16.8. The number of benzene rings is 2. The number of likely N-dealkylation sites (tertiary alicyclic amines) is 3. The third-order valence-corrected chi connectivity index (χ3v) is 10.6. The molecule has 0 saturated carbocycles. The first kappa shape index (κ1) is 30.8. The third-order valence-electron chi connectivity index (χ3n) is 10.3. The van der Waals surface area contributed by atoms with E-state index < -0.39 is 6.04 Å². The lowest BCUT2D eigenvalue weighted by molar-refractivity contribution is -0.134. The Morgan fingerprint density at radius 2 is 1.65 bits per heavy atom. The second-order valence-electron chi connectivity index (χ2n) is 13.2. The van der Waals surface area contributed by atoms with Crippen LogP contribution in [-0.4, -0.2) is 105 Å². The maximum atomic E-state index is 14.1. The Hall–Kier alpha value is -3.83. The third kappa shape index (κ3) is 6.53. The Labute approximate surface area is 274 Å². The summed E-state index contributed by atoms with van der Waals surface area (Å²) in [5, 5.41) is 14.5. The van der Waals surface area contributed by atoms with E-state index in [1.165, 1.54) is 19.3 Å². The van der Waals surface area contributed by atoms with Crippen LogP contribution in [0.15, 0.2) is 42.6 Å². The number of aromatic nitrogens is 2. The zero-order valence-electron chi connectivity index (χ0n) is 26.2. The minimum absolute atomic E-state index is 0.0415. The molecule has 5 heterocycles. The number of nitrogens with one attached hydrogen (secondary N) is 3. The molecule has 1 unspecified atom stereocenters. The van der Waals surface area contributed by atoms with Crippen molar-refractivity contribution in [2.45, 2.75) is 76.0 Å². The molecule has 7 rings (SSSR count). The lowest BCUT2D eigenvalue weighted by Gasteiger charge is -2.42. The number of urea groups is 2. The van der Waals surface area contributed by atoms with Crippen molar-refractivity contribution in [2.24, 2.45) is 0 Å². The first-order valence-corrected chi connectivity index (χ1v) is 17.2. The molecular weight excluding hydrogens is 604 g/mol. The quantitative estimate of drug-likeness (QED) is 0.355. The molecule has 4 aliphatic heterocycles. The summed E-state index contributed by atoms with van der Waals surface area (Å²) in [7, 11) is 0. The van der Waals surface area contributed by atoms with Crippen LogP contribution in [0.25, 0.3) is 10.9 Å². The molecule has 4 aliphatic rings. The molecule has 0 radical (unpaired) electrons. The van der Waals surface area contributed by atoms with Crippen LogP contribution in [0.2, 0.25) is 5.02 Å². The van der Waals surface area contributed by atoms with Crippen LogP contribution in [0.5, 0.6) is 0 Å². The van der Waals surface area contributed by atoms with Gasteiger partial charge in [0.05, 0.1) is 16.7 Å². The molecule has 11 nitrogen and oxygen atoms in total. The number of hydrogen-bond acceptors (Lipinski definition) is 5. The van der Waals surface area contributed by atoms with Gasteiger partial charge in [-0.3, -0.25) is 9.89 Å². The number of halogens is 1. The molecule has 0 bridgehead atoms. The summed E-state index contributed by atoms with van der Waals surface area (Å²) < 4.78 is 0. The number of fused-ring (bicyclic) bond motifs is 2. The van der Waals surface area contributed by atoms with Gasteiger partial charge < -0.3 is 30.2 Å². The standard InChI is InChI=1S/C34H43ClN8O3/c35-28-19-23(18-25-21-36-39-31(25)28)20-30(32(44)41-14-8-26(9-15-41)40-12-4-1-5-13-40)38-33(45)42-16-10-27(11-17-42)43-22-24-6-2-3-7-29(24)37-34(43)46/h2-3,6-7,18-19,21,26-27,30H,1,4-5,8-17,20,22H2,(H,36,39)(H,37,46)(H,38,45). The number of H-pyrrole nitrogens is 1. The van der Waals surface area contributed by atoms with Gasteiger partial charge in [0.15, 0.2) is 0 Å². The van der Waals surface area contributed by atoms with Gasteiger partial charge in [-0.25, -0.2) is 9.59 Å². The van der Waals surface area contributed by atoms with Gasteiger partial charge in [-0.15, -0.1) is 0 Å². The number of para-hydroxylation sites is 1. The molecule has 3 fully saturated rings. The lowest BCUT2D eigenvalue weighted by Crippen LogP contribution is -2.57.